The zero-order chi connectivity index (χ0) is 43.1. The lowest BCUT2D eigenvalue weighted by molar-refractivity contribution is -0.384. The quantitative estimate of drug-likeness (QED) is 0.0359. The average Bonchev–Trinajstić information content (AvgIpc) is 3.24. The third-order valence-electron chi connectivity index (χ3n) is 11.3. The van der Waals surface area contributed by atoms with E-state index in [0.717, 1.165) is 30.4 Å². The van der Waals surface area contributed by atoms with Crippen molar-refractivity contribution in [2.24, 2.45) is 22.9 Å². The Morgan fingerprint density at radius 3 is 2.48 bits per heavy atom. The minimum absolute atomic E-state index is 0.00429. The molecule has 2 aromatic rings. The monoisotopic (exact) mass is 834 g/mol. The van der Waals surface area contributed by atoms with Crippen LogP contribution in [-0.2, 0) is 19.1 Å². The predicted octanol–water partition coefficient (Wildman–Crippen LogP) is 5.52. The highest BCUT2D eigenvalue weighted by atomic mass is 16.7. The first-order valence-electron chi connectivity index (χ1n) is 20.6. The van der Waals surface area contributed by atoms with E-state index in [1.165, 1.54) is 25.3 Å². The maximum Gasteiger partial charge on any atom is 0.412 e. The van der Waals surface area contributed by atoms with E-state index in [4.69, 9.17) is 23.8 Å². The second-order valence-corrected chi connectivity index (χ2v) is 14.9. The normalized spacial score (nSPS) is 23.5. The lowest BCUT2D eigenvalue weighted by Gasteiger charge is -2.60. The van der Waals surface area contributed by atoms with E-state index < -0.39 is 34.7 Å². The largest absolute Gasteiger partial charge is 0.459 e. The number of carbonyl (C=O) groups excluding carboxylic acids is 2. The van der Waals surface area contributed by atoms with E-state index in [-0.39, 0.29) is 76.0 Å². The summed E-state index contributed by atoms with van der Waals surface area (Å²) in [5, 5.41) is 47.7. The van der Waals surface area contributed by atoms with Gasteiger partial charge in [0.15, 0.2) is 0 Å². The molecule has 0 radical (unpaired) electrons. The number of benzene rings is 2. The van der Waals surface area contributed by atoms with Crippen LogP contribution in [-0.4, -0.2) is 115 Å². The molecule has 3 aliphatic rings. The Morgan fingerprint density at radius 2 is 1.82 bits per heavy atom. The number of ether oxygens (including phenoxy) is 4. The molecule has 1 saturated carbocycles. The molecule has 16 nitrogen and oxygen atoms in total. The van der Waals surface area contributed by atoms with Crippen molar-refractivity contribution < 1.29 is 53.6 Å². The van der Waals surface area contributed by atoms with Crippen LogP contribution in [0.5, 0.6) is 11.5 Å². The third-order valence-corrected chi connectivity index (χ3v) is 11.3. The number of allylic oxidation sites excluding steroid dienone is 1. The van der Waals surface area contributed by atoms with Crippen molar-refractivity contribution >= 4 is 29.5 Å². The molecule has 326 valence electrons. The van der Waals surface area contributed by atoms with Crippen LogP contribution in [0.15, 0.2) is 78.0 Å². The van der Waals surface area contributed by atoms with Gasteiger partial charge >= 0.3 is 6.09 Å². The summed E-state index contributed by atoms with van der Waals surface area (Å²) in [6, 6.07) is 10.2. The van der Waals surface area contributed by atoms with Gasteiger partial charge in [-0.25, -0.2) is 4.79 Å². The van der Waals surface area contributed by atoms with Gasteiger partial charge in [0.05, 0.1) is 43.0 Å². The fourth-order valence-electron chi connectivity index (χ4n) is 8.83. The molecule has 2 aliphatic carbocycles. The van der Waals surface area contributed by atoms with Crippen LogP contribution in [0.3, 0.4) is 0 Å². The van der Waals surface area contributed by atoms with Gasteiger partial charge in [0.25, 0.3) is 5.69 Å². The number of rotatable bonds is 23. The van der Waals surface area contributed by atoms with Gasteiger partial charge in [-0.1, -0.05) is 30.1 Å². The number of unbranched alkanes of at least 4 members (excludes halogenated alkanes) is 2. The standard InChI is InChI=1S/C44H58N4O12/c1-4-24-58-44-39(47(20-25-57-26-23-51)40(52)19-14-30-12-15-32(16-13-30)48(54)55)29-37(46-56-3)35-27-31(10-6-8-21-49)34(11-7-9-22-50)41(42(35)44)36-28-33(17-18-38(36)60-44)59-43(53)45-5-2/h4,12-19,27-28,31,34,39,41-42,49-51H,1,5-11,20-26,29H2,2-3H3,(H,45,53)/t31-,34+,39-,41+,42+,44+/m0/s1. The van der Waals surface area contributed by atoms with Crippen LogP contribution in [0.1, 0.15) is 68.9 Å². The van der Waals surface area contributed by atoms with Gasteiger partial charge in [-0.05, 0) is 92.0 Å². The number of fused-ring (bicyclic) bond motifs is 2. The van der Waals surface area contributed by atoms with Crippen LogP contribution in [0.4, 0.5) is 10.5 Å². The van der Waals surface area contributed by atoms with Crippen molar-refractivity contribution in [1.29, 1.82) is 0 Å². The number of hydrogen-bond donors (Lipinski definition) is 4. The molecule has 1 aliphatic heterocycles. The average molecular weight is 835 g/mol. The second kappa shape index (κ2) is 22.5. The second-order valence-electron chi connectivity index (χ2n) is 14.9. The number of hydrogen-bond acceptors (Lipinski definition) is 13. The van der Waals surface area contributed by atoms with Crippen LogP contribution in [0, 0.1) is 27.9 Å². The zero-order valence-corrected chi connectivity index (χ0v) is 34.4. The molecule has 4 N–H and O–H groups in total. The number of nitro benzene ring substituents is 1. The third kappa shape index (κ3) is 10.8. The molecule has 1 heterocycles. The minimum atomic E-state index is -1.55. The van der Waals surface area contributed by atoms with E-state index in [1.807, 2.05) is 6.07 Å². The van der Waals surface area contributed by atoms with E-state index in [2.05, 4.69) is 23.1 Å². The summed E-state index contributed by atoms with van der Waals surface area (Å²) in [5.74, 6) is -2.19. The fourth-order valence-corrected chi connectivity index (χ4v) is 8.83. The van der Waals surface area contributed by atoms with Gasteiger partial charge in [-0.3, -0.25) is 14.9 Å². The van der Waals surface area contributed by atoms with Crippen molar-refractivity contribution in [2.45, 2.75) is 69.6 Å². The maximum absolute atomic E-state index is 14.7. The number of nitro groups is 1. The molecule has 6 atom stereocenters. The number of amides is 2. The summed E-state index contributed by atoms with van der Waals surface area (Å²) in [7, 11) is 1.46. The number of aliphatic hydroxyl groups is 3. The summed E-state index contributed by atoms with van der Waals surface area (Å²) >= 11 is 0. The Balaban J connectivity index is 1.73. The van der Waals surface area contributed by atoms with Crippen molar-refractivity contribution in [2.75, 3.05) is 59.8 Å². The lowest BCUT2D eigenvalue weighted by Crippen LogP contribution is -2.70. The summed E-state index contributed by atoms with van der Waals surface area (Å²) in [5.41, 5.74) is 2.69. The zero-order valence-electron chi connectivity index (χ0n) is 34.4. The molecule has 2 aromatic carbocycles. The molecule has 2 amide bonds. The molecular formula is C44H58N4O12. The van der Waals surface area contributed by atoms with E-state index >= 15 is 0 Å². The highest BCUT2D eigenvalue weighted by Gasteiger charge is 2.65. The van der Waals surface area contributed by atoms with Gasteiger partial charge in [0.1, 0.15) is 24.7 Å². The highest BCUT2D eigenvalue weighted by Crippen LogP contribution is 2.62. The molecule has 1 fully saturated rings. The number of non-ortho nitro benzene ring substituents is 1. The molecule has 0 saturated heterocycles. The van der Waals surface area contributed by atoms with Crippen molar-refractivity contribution in [3.8, 4) is 11.5 Å². The SMILES string of the molecule is C=CCO[C@@]12Oc3ccc(OC(=O)NCC)cc3[C@H]3[C@H](CCCCO)[C@@H](CCCCO)C=C(C(=NOC)C[C@@H]1N(CCOCCO)C(=O)C=Cc1ccc([N+](=O)[O-])cc1)[C@H]32. The number of carbonyl (C=O) groups is 2. The van der Waals surface area contributed by atoms with Crippen molar-refractivity contribution in [1.82, 2.24) is 10.2 Å². The van der Waals surface area contributed by atoms with Crippen molar-refractivity contribution in [3.63, 3.8) is 0 Å². The van der Waals surface area contributed by atoms with Gasteiger partial charge < -0.3 is 49.3 Å². The molecule has 0 spiro atoms. The van der Waals surface area contributed by atoms with E-state index in [1.54, 1.807) is 48.2 Å². The smallest absolute Gasteiger partial charge is 0.412 e. The van der Waals surface area contributed by atoms with Gasteiger partial charge in [-0.2, -0.15) is 0 Å². The minimum Gasteiger partial charge on any atom is -0.459 e. The Hall–Kier alpha value is -5.13. The number of oxime groups is 1. The molecule has 16 heteroatoms. The predicted molar refractivity (Wildman–Crippen MR) is 223 cm³/mol. The maximum atomic E-state index is 14.7. The van der Waals surface area contributed by atoms with Crippen molar-refractivity contribution in [3.05, 3.63) is 94.1 Å². The first-order chi connectivity index (χ1) is 29.2. The van der Waals surface area contributed by atoms with Crippen LogP contribution >= 0.6 is 0 Å². The first kappa shape index (κ1) is 45.9. The van der Waals surface area contributed by atoms with Crippen LogP contribution in [0.2, 0.25) is 0 Å². The fraction of sp³-hybridized carbons (Fsp3) is 0.523. The molecule has 0 unspecified atom stereocenters. The number of nitrogens with one attached hydrogen (secondary N) is 1. The highest BCUT2D eigenvalue weighted by molar-refractivity contribution is 6.03. The number of aliphatic hydroxyl groups excluding tert-OH is 3. The summed E-state index contributed by atoms with van der Waals surface area (Å²) in [6.07, 6.45) is 10.5. The number of nitrogens with zero attached hydrogens (tertiary/aromatic N) is 3. The Labute approximate surface area is 350 Å². The van der Waals surface area contributed by atoms with Gasteiger partial charge in [0.2, 0.25) is 11.7 Å². The Bertz CT molecular complexity index is 1870. The summed E-state index contributed by atoms with van der Waals surface area (Å²) < 4.78 is 25.6. The van der Waals surface area contributed by atoms with Gasteiger partial charge in [0, 0.05) is 62.4 Å². The first-order valence-corrected chi connectivity index (χ1v) is 20.6. The Morgan fingerprint density at radius 1 is 1.07 bits per heavy atom. The molecular weight excluding hydrogens is 776 g/mol. The summed E-state index contributed by atoms with van der Waals surface area (Å²) in [4.78, 5) is 45.2. The van der Waals surface area contributed by atoms with Crippen LogP contribution in [0.25, 0.3) is 6.08 Å². The van der Waals surface area contributed by atoms with E-state index in [0.29, 0.717) is 48.6 Å². The van der Waals surface area contributed by atoms with E-state index in [9.17, 15) is 35.0 Å². The lowest BCUT2D eigenvalue weighted by atomic mass is 9.55. The molecule has 0 aromatic heterocycles. The summed E-state index contributed by atoms with van der Waals surface area (Å²) in [6.45, 7) is 6.23. The molecule has 5 rings (SSSR count). The topological polar surface area (TPSA) is 212 Å². The van der Waals surface area contributed by atoms with Gasteiger partial charge in [-0.15, -0.1) is 6.58 Å². The molecule has 60 heavy (non-hydrogen) atoms. The van der Waals surface area contributed by atoms with Crippen LogP contribution < -0.4 is 14.8 Å². The Kier molecular flexibility index (Phi) is 17.2. The molecule has 0 bridgehead atoms.